The van der Waals surface area contributed by atoms with E-state index in [-0.39, 0.29) is 5.91 Å². The number of nitrogens with zero attached hydrogens (tertiary/aromatic N) is 2. The third-order valence-corrected chi connectivity index (χ3v) is 5.29. The lowest BCUT2D eigenvalue weighted by Gasteiger charge is -2.25. The molecule has 1 aromatic heterocycles. The predicted molar refractivity (Wildman–Crippen MR) is 83.8 cm³/mol. The molecule has 2 aliphatic rings. The van der Waals surface area contributed by atoms with Gasteiger partial charge in [-0.2, -0.15) is 0 Å². The first kappa shape index (κ1) is 14.6. The average molecular weight is 310 g/mol. The molecule has 1 aliphatic heterocycles. The van der Waals surface area contributed by atoms with E-state index in [0.29, 0.717) is 29.8 Å². The number of hydrogen-bond donors (Lipinski definition) is 2. The van der Waals surface area contributed by atoms with Gasteiger partial charge in [-0.1, -0.05) is 24.2 Å². The van der Waals surface area contributed by atoms with Crippen LogP contribution in [-0.4, -0.2) is 43.7 Å². The van der Waals surface area contributed by atoms with Gasteiger partial charge in [0.25, 0.3) is 5.91 Å². The molecule has 6 nitrogen and oxygen atoms in total. The molecule has 1 aromatic rings. The third-order valence-electron chi connectivity index (χ3n) is 4.16. The van der Waals surface area contributed by atoms with Crippen molar-refractivity contribution in [2.45, 2.75) is 25.7 Å². The van der Waals surface area contributed by atoms with E-state index in [4.69, 9.17) is 10.5 Å². The number of amides is 1. The number of nitrogens with one attached hydrogen (secondary N) is 1. The number of carbonyl (C=O) groups is 1. The van der Waals surface area contributed by atoms with Crippen molar-refractivity contribution in [1.82, 2.24) is 10.3 Å². The highest BCUT2D eigenvalue weighted by Gasteiger charge is 2.22. The molecule has 1 aliphatic carbocycles. The SMILES string of the molecule is Nc1nc(N2CCOCC2)sc1C(=O)NCC1CCCC1. The summed E-state index contributed by atoms with van der Waals surface area (Å²) in [6.45, 7) is 3.75. The van der Waals surface area contributed by atoms with Gasteiger partial charge < -0.3 is 20.7 Å². The summed E-state index contributed by atoms with van der Waals surface area (Å²) in [4.78, 5) is 19.3. The van der Waals surface area contributed by atoms with Crippen molar-refractivity contribution in [1.29, 1.82) is 0 Å². The molecule has 1 amide bonds. The molecule has 0 atom stereocenters. The Kier molecular flexibility index (Phi) is 4.60. The molecule has 0 spiro atoms. The van der Waals surface area contributed by atoms with Gasteiger partial charge in [0.1, 0.15) is 10.7 Å². The Bertz CT molecular complexity index is 493. The van der Waals surface area contributed by atoms with Crippen LogP contribution in [0.1, 0.15) is 35.4 Å². The molecule has 0 bridgehead atoms. The lowest BCUT2D eigenvalue weighted by Crippen LogP contribution is -2.36. The van der Waals surface area contributed by atoms with Crippen LogP contribution in [0.3, 0.4) is 0 Å². The van der Waals surface area contributed by atoms with Crippen molar-refractivity contribution in [3.05, 3.63) is 4.88 Å². The zero-order chi connectivity index (χ0) is 14.7. The van der Waals surface area contributed by atoms with Gasteiger partial charge in [0.05, 0.1) is 13.2 Å². The van der Waals surface area contributed by atoms with E-state index in [1.165, 1.54) is 37.0 Å². The molecule has 2 fully saturated rings. The average Bonchev–Trinajstić information content (AvgIpc) is 3.15. The molecule has 0 radical (unpaired) electrons. The standard InChI is InChI=1S/C14H22N4O2S/c15-12-11(13(19)16-9-10-3-1-2-4-10)21-14(17-12)18-5-7-20-8-6-18/h10H,1-9,15H2,(H,16,19). The van der Waals surface area contributed by atoms with Crippen molar-refractivity contribution >= 4 is 28.2 Å². The van der Waals surface area contributed by atoms with E-state index >= 15 is 0 Å². The monoisotopic (exact) mass is 310 g/mol. The second-order valence-corrected chi connectivity index (χ2v) is 6.65. The Balaban J connectivity index is 1.61. The first-order chi connectivity index (χ1) is 10.2. The zero-order valence-corrected chi connectivity index (χ0v) is 13.0. The van der Waals surface area contributed by atoms with E-state index in [9.17, 15) is 4.79 Å². The fourth-order valence-corrected chi connectivity index (χ4v) is 3.86. The van der Waals surface area contributed by atoms with E-state index < -0.39 is 0 Å². The van der Waals surface area contributed by atoms with Crippen LogP contribution in [0.2, 0.25) is 0 Å². The number of ether oxygens (including phenoxy) is 1. The zero-order valence-electron chi connectivity index (χ0n) is 12.1. The van der Waals surface area contributed by atoms with Gasteiger partial charge in [-0.3, -0.25) is 4.79 Å². The largest absolute Gasteiger partial charge is 0.382 e. The summed E-state index contributed by atoms with van der Waals surface area (Å²) in [6, 6.07) is 0. The lowest BCUT2D eigenvalue weighted by atomic mass is 10.1. The van der Waals surface area contributed by atoms with Crippen LogP contribution in [0.5, 0.6) is 0 Å². The number of rotatable bonds is 4. The maximum Gasteiger partial charge on any atom is 0.265 e. The van der Waals surface area contributed by atoms with Crippen LogP contribution in [-0.2, 0) is 4.74 Å². The Hall–Kier alpha value is -1.34. The maximum absolute atomic E-state index is 12.3. The molecular formula is C14H22N4O2S. The molecule has 1 saturated carbocycles. The van der Waals surface area contributed by atoms with Gasteiger partial charge in [-0.25, -0.2) is 4.98 Å². The second-order valence-electron chi connectivity index (χ2n) is 5.67. The summed E-state index contributed by atoms with van der Waals surface area (Å²) in [7, 11) is 0. The normalized spacial score (nSPS) is 19.9. The highest BCUT2D eigenvalue weighted by molar-refractivity contribution is 7.18. The van der Waals surface area contributed by atoms with E-state index in [2.05, 4.69) is 15.2 Å². The third kappa shape index (κ3) is 3.47. The first-order valence-corrected chi connectivity index (χ1v) is 8.43. The second kappa shape index (κ2) is 6.62. The number of aromatic nitrogens is 1. The molecule has 116 valence electrons. The summed E-state index contributed by atoms with van der Waals surface area (Å²) in [6.07, 6.45) is 5.00. The Morgan fingerprint density at radius 2 is 2.10 bits per heavy atom. The number of morpholine rings is 1. The fraction of sp³-hybridized carbons (Fsp3) is 0.714. The fourth-order valence-electron chi connectivity index (χ4n) is 2.90. The quantitative estimate of drug-likeness (QED) is 0.880. The van der Waals surface area contributed by atoms with Crippen molar-refractivity contribution in [3.8, 4) is 0 Å². The van der Waals surface area contributed by atoms with E-state index in [1.54, 1.807) is 0 Å². The molecule has 21 heavy (non-hydrogen) atoms. The van der Waals surface area contributed by atoms with Crippen LogP contribution in [0.25, 0.3) is 0 Å². The Morgan fingerprint density at radius 1 is 1.38 bits per heavy atom. The summed E-state index contributed by atoms with van der Waals surface area (Å²) in [5, 5.41) is 3.83. The van der Waals surface area contributed by atoms with Gasteiger partial charge in [0, 0.05) is 19.6 Å². The smallest absolute Gasteiger partial charge is 0.265 e. The van der Waals surface area contributed by atoms with Gasteiger partial charge in [-0.05, 0) is 18.8 Å². The van der Waals surface area contributed by atoms with Gasteiger partial charge in [0.2, 0.25) is 0 Å². The maximum atomic E-state index is 12.3. The highest BCUT2D eigenvalue weighted by Crippen LogP contribution is 2.29. The molecule has 2 heterocycles. The van der Waals surface area contributed by atoms with Gasteiger partial charge in [0.15, 0.2) is 5.13 Å². The number of anilines is 2. The topological polar surface area (TPSA) is 80.5 Å². The molecule has 0 aromatic carbocycles. The minimum absolute atomic E-state index is 0.0867. The van der Waals surface area contributed by atoms with E-state index in [0.717, 1.165) is 24.8 Å². The number of hydrogen-bond acceptors (Lipinski definition) is 6. The molecule has 0 unspecified atom stereocenters. The minimum Gasteiger partial charge on any atom is -0.382 e. The molecule has 3 N–H and O–H groups in total. The molecule has 1 saturated heterocycles. The first-order valence-electron chi connectivity index (χ1n) is 7.61. The highest BCUT2D eigenvalue weighted by atomic mass is 32.1. The summed E-state index contributed by atoms with van der Waals surface area (Å²) >= 11 is 1.38. The van der Waals surface area contributed by atoms with Crippen molar-refractivity contribution < 1.29 is 9.53 Å². The number of carbonyl (C=O) groups excluding carboxylic acids is 1. The summed E-state index contributed by atoms with van der Waals surface area (Å²) in [5.41, 5.74) is 5.91. The molecule has 3 rings (SSSR count). The van der Waals surface area contributed by atoms with Crippen molar-refractivity contribution in [2.24, 2.45) is 5.92 Å². The van der Waals surface area contributed by atoms with Crippen LogP contribution in [0.4, 0.5) is 10.9 Å². The Labute approximate surface area is 128 Å². The molecule has 7 heteroatoms. The summed E-state index contributed by atoms with van der Waals surface area (Å²) in [5.74, 6) is 0.878. The van der Waals surface area contributed by atoms with Gasteiger partial charge in [-0.15, -0.1) is 0 Å². The minimum atomic E-state index is -0.0867. The number of nitrogen functional groups attached to an aromatic ring is 1. The van der Waals surface area contributed by atoms with Crippen molar-refractivity contribution in [3.63, 3.8) is 0 Å². The lowest BCUT2D eigenvalue weighted by molar-refractivity contribution is 0.0952. The summed E-state index contributed by atoms with van der Waals surface area (Å²) < 4.78 is 5.33. The van der Waals surface area contributed by atoms with Crippen LogP contribution < -0.4 is 16.0 Å². The van der Waals surface area contributed by atoms with Crippen LogP contribution in [0.15, 0.2) is 0 Å². The van der Waals surface area contributed by atoms with Crippen LogP contribution >= 0.6 is 11.3 Å². The Morgan fingerprint density at radius 3 is 2.81 bits per heavy atom. The molecular weight excluding hydrogens is 288 g/mol. The van der Waals surface area contributed by atoms with Crippen LogP contribution in [0, 0.1) is 5.92 Å². The van der Waals surface area contributed by atoms with Crippen molar-refractivity contribution in [2.75, 3.05) is 43.5 Å². The number of nitrogens with two attached hydrogens (primary N) is 1. The predicted octanol–water partition coefficient (Wildman–Crippen LogP) is 1.48. The van der Waals surface area contributed by atoms with E-state index in [1.807, 2.05) is 0 Å². The number of thiazole rings is 1. The van der Waals surface area contributed by atoms with Gasteiger partial charge >= 0.3 is 0 Å².